The molecule has 1 fully saturated rings. The quantitative estimate of drug-likeness (QED) is 0.655. The number of imidazole rings is 1. The molecular weight excluding hydrogens is 330 g/mol. The number of ether oxygens (including phenoxy) is 1. The molecule has 7 nitrogen and oxygen atoms in total. The number of rotatable bonds is 5. The highest BCUT2D eigenvalue weighted by molar-refractivity contribution is 5.93. The van der Waals surface area contributed by atoms with Gasteiger partial charge in [-0.3, -0.25) is 15.6 Å². The smallest absolute Gasteiger partial charge is 0.230 e. The number of aromatic nitrogens is 2. The van der Waals surface area contributed by atoms with Crippen LogP contribution in [0.25, 0.3) is 5.65 Å². The highest BCUT2D eigenvalue weighted by atomic mass is 16.5. The second-order valence-electron chi connectivity index (χ2n) is 6.42. The van der Waals surface area contributed by atoms with E-state index in [2.05, 4.69) is 21.2 Å². The number of amides is 1. The number of benzene rings is 1. The van der Waals surface area contributed by atoms with Gasteiger partial charge in [-0.25, -0.2) is 4.98 Å². The van der Waals surface area contributed by atoms with Crippen LogP contribution in [0.15, 0.2) is 54.9 Å². The molecule has 1 aliphatic rings. The predicted molar refractivity (Wildman–Crippen MR) is 98.7 cm³/mol. The van der Waals surface area contributed by atoms with E-state index >= 15 is 0 Å². The lowest BCUT2D eigenvalue weighted by atomic mass is 10.0. The zero-order valence-corrected chi connectivity index (χ0v) is 14.5. The van der Waals surface area contributed by atoms with E-state index in [1.54, 1.807) is 0 Å². The van der Waals surface area contributed by atoms with E-state index in [-0.39, 0.29) is 17.9 Å². The molecule has 4 rings (SSSR count). The van der Waals surface area contributed by atoms with Crippen molar-refractivity contribution >= 4 is 17.2 Å². The average Bonchev–Trinajstić information content (AvgIpc) is 3.26. The van der Waals surface area contributed by atoms with Gasteiger partial charge in [0.25, 0.3) is 0 Å². The molecule has 3 heterocycles. The number of fused-ring (bicyclic) bond motifs is 1. The Hall–Kier alpha value is -2.90. The number of anilines is 1. The van der Waals surface area contributed by atoms with Gasteiger partial charge in [0.15, 0.2) is 0 Å². The largest absolute Gasteiger partial charge is 0.487 e. The summed E-state index contributed by atoms with van der Waals surface area (Å²) in [6.07, 6.45) is 3.91. The maximum atomic E-state index is 12.3. The Bertz CT molecular complexity index is 873. The van der Waals surface area contributed by atoms with Crippen LogP contribution in [0.1, 0.15) is 12.6 Å². The van der Waals surface area contributed by atoms with Crippen LogP contribution in [0.3, 0.4) is 0 Å². The van der Waals surface area contributed by atoms with E-state index in [0.29, 0.717) is 13.2 Å². The molecule has 0 radical (unpaired) electrons. The third kappa shape index (κ3) is 3.54. The van der Waals surface area contributed by atoms with Crippen molar-refractivity contribution in [2.24, 2.45) is 5.92 Å². The third-order valence-corrected chi connectivity index (χ3v) is 4.51. The maximum absolute atomic E-state index is 12.3. The molecule has 1 aromatic carbocycles. The summed E-state index contributed by atoms with van der Waals surface area (Å²) in [6, 6.07) is 13.4. The monoisotopic (exact) mass is 351 g/mol. The summed E-state index contributed by atoms with van der Waals surface area (Å²) in [6.45, 7) is 3.01. The van der Waals surface area contributed by atoms with E-state index in [0.717, 1.165) is 22.8 Å². The zero-order chi connectivity index (χ0) is 17.9. The van der Waals surface area contributed by atoms with E-state index in [1.165, 1.54) is 0 Å². The maximum Gasteiger partial charge on any atom is 0.230 e. The summed E-state index contributed by atoms with van der Waals surface area (Å²) >= 11 is 0. The standard InChI is InChI=1S/C19H21N5O2/c1-13-17(10-20-23-13)19(25)22-14-5-7-16(8-6-14)26-12-15-11-24-9-3-2-4-18(24)21-15/h2-9,11,13,17,20,23H,10,12H2,1H3,(H,22,25). The van der Waals surface area contributed by atoms with Gasteiger partial charge >= 0.3 is 0 Å². The number of carbonyl (C=O) groups excluding carboxylic acids is 1. The number of hydrogen-bond acceptors (Lipinski definition) is 5. The molecule has 3 N–H and O–H groups in total. The van der Waals surface area contributed by atoms with Crippen LogP contribution < -0.4 is 20.9 Å². The second-order valence-corrected chi connectivity index (χ2v) is 6.42. The minimum atomic E-state index is -0.0824. The zero-order valence-electron chi connectivity index (χ0n) is 14.5. The Balaban J connectivity index is 1.34. The van der Waals surface area contributed by atoms with Gasteiger partial charge in [-0.05, 0) is 43.3 Å². The van der Waals surface area contributed by atoms with E-state index in [1.807, 2.05) is 66.2 Å². The van der Waals surface area contributed by atoms with Crippen molar-refractivity contribution in [1.29, 1.82) is 0 Å². The number of carbonyl (C=O) groups is 1. The summed E-state index contributed by atoms with van der Waals surface area (Å²) in [5.41, 5.74) is 8.57. The van der Waals surface area contributed by atoms with Gasteiger partial charge in [-0.2, -0.15) is 0 Å². The van der Waals surface area contributed by atoms with Crippen LogP contribution in [0.5, 0.6) is 5.75 Å². The summed E-state index contributed by atoms with van der Waals surface area (Å²) in [7, 11) is 0. The first kappa shape index (κ1) is 16.6. The predicted octanol–water partition coefficient (Wildman–Crippen LogP) is 1.96. The van der Waals surface area contributed by atoms with Crippen LogP contribution in [0, 0.1) is 5.92 Å². The normalized spacial score (nSPS) is 19.6. The van der Waals surface area contributed by atoms with Crippen molar-refractivity contribution in [3.8, 4) is 5.75 Å². The lowest BCUT2D eigenvalue weighted by Gasteiger charge is -2.14. The minimum absolute atomic E-state index is 0.00775. The second kappa shape index (κ2) is 7.15. The van der Waals surface area contributed by atoms with Gasteiger partial charge in [0.05, 0.1) is 11.6 Å². The fourth-order valence-corrected chi connectivity index (χ4v) is 3.01. The first-order valence-corrected chi connectivity index (χ1v) is 8.64. The average molecular weight is 351 g/mol. The Morgan fingerprint density at radius 2 is 2.15 bits per heavy atom. The fraction of sp³-hybridized carbons (Fsp3) is 0.263. The lowest BCUT2D eigenvalue weighted by molar-refractivity contribution is -0.119. The molecule has 0 aliphatic carbocycles. The lowest BCUT2D eigenvalue weighted by Crippen LogP contribution is -2.33. The molecule has 1 amide bonds. The van der Waals surface area contributed by atoms with Crippen LogP contribution in [0.2, 0.25) is 0 Å². The van der Waals surface area contributed by atoms with Crippen LogP contribution >= 0.6 is 0 Å². The van der Waals surface area contributed by atoms with Crippen molar-refractivity contribution in [1.82, 2.24) is 20.2 Å². The van der Waals surface area contributed by atoms with Crippen LogP contribution in [-0.2, 0) is 11.4 Å². The summed E-state index contributed by atoms with van der Waals surface area (Å²) in [4.78, 5) is 16.8. The Labute approximate surface area is 151 Å². The van der Waals surface area contributed by atoms with Gasteiger partial charge in [0.2, 0.25) is 5.91 Å². The summed E-state index contributed by atoms with van der Waals surface area (Å²) in [5, 5.41) is 2.94. The topological polar surface area (TPSA) is 79.7 Å². The molecular formula is C19H21N5O2. The number of nitrogens with one attached hydrogen (secondary N) is 3. The summed E-state index contributed by atoms with van der Waals surface area (Å²) < 4.78 is 7.75. The molecule has 134 valence electrons. The van der Waals surface area contributed by atoms with Gasteiger partial charge in [0, 0.05) is 30.7 Å². The number of nitrogens with zero attached hydrogens (tertiary/aromatic N) is 2. The highest BCUT2D eigenvalue weighted by Crippen LogP contribution is 2.19. The SMILES string of the molecule is CC1NNCC1C(=O)Nc1ccc(OCc2cn3ccccc3n2)cc1. The van der Waals surface area contributed by atoms with Gasteiger partial charge < -0.3 is 14.5 Å². The Morgan fingerprint density at radius 3 is 2.88 bits per heavy atom. The van der Waals surface area contributed by atoms with Gasteiger partial charge in [-0.15, -0.1) is 0 Å². The van der Waals surface area contributed by atoms with Gasteiger partial charge in [-0.1, -0.05) is 6.07 Å². The molecule has 0 saturated carbocycles. The minimum Gasteiger partial charge on any atom is -0.487 e. The van der Waals surface area contributed by atoms with Gasteiger partial charge in [0.1, 0.15) is 18.0 Å². The number of pyridine rings is 1. The molecule has 2 aromatic heterocycles. The van der Waals surface area contributed by atoms with E-state index in [9.17, 15) is 4.79 Å². The van der Waals surface area contributed by atoms with Crippen molar-refractivity contribution in [3.05, 3.63) is 60.6 Å². The molecule has 1 aliphatic heterocycles. The van der Waals surface area contributed by atoms with Crippen molar-refractivity contribution in [2.45, 2.75) is 19.6 Å². The van der Waals surface area contributed by atoms with Crippen molar-refractivity contribution in [2.75, 3.05) is 11.9 Å². The molecule has 2 atom stereocenters. The first-order valence-electron chi connectivity index (χ1n) is 8.64. The van der Waals surface area contributed by atoms with Crippen LogP contribution in [0.4, 0.5) is 5.69 Å². The Kier molecular flexibility index (Phi) is 4.55. The van der Waals surface area contributed by atoms with Crippen LogP contribution in [-0.4, -0.2) is 27.9 Å². The molecule has 2 unspecified atom stereocenters. The fourth-order valence-electron chi connectivity index (χ4n) is 3.01. The third-order valence-electron chi connectivity index (χ3n) is 4.51. The van der Waals surface area contributed by atoms with Crippen molar-refractivity contribution < 1.29 is 9.53 Å². The molecule has 1 saturated heterocycles. The molecule has 7 heteroatoms. The molecule has 3 aromatic rings. The summed E-state index contributed by atoms with van der Waals surface area (Å²) in [5.74, 6) is 0.659. The number of hydrazine groups is 1. The van der Waals surface area contributed by atoms with E-state index < -0.39 is 0 Å². The molecule has 0 spiro atoms. The molecule has 0 bridgehead atoms. The Morgan fingerprint density at radius 1 is 1.31 bits per heavy atom. The number of hydrogen-bond donors (Lipinski definition) is 3. The first-order chi connectivity index (χ1) is 12.7. The molecule has 26 heavy (non-hydrogen) atoms. The van der Waals surface area contributed by atoms with Crippen molar-refractivity contribution in [3.63, 3.8) is 0 Å². The highest BCUT2D eigenvalue weighted by Gasteiger charge is 2.29. The van der Waals surface area contributed by atoms with E-state index in [4.69, 9.17) is 4.74 Å².